The van der Waals surface area contributed by atoms with Gasteiger partial charge < -0.3 is 9.80 Å². The molecule has 110 valence electrons. The molecule has 0 bridgehead atoms. The lowest BCUT2D eigenvalue weighted by Crippen LogP contribution is -2.33. The van der Waals surface area contributed by atoms with Crippen LogP contribution in [-0.2, 0) is 0 Å². The van der Waals surface area contributed by atoms with Crippen molar-refractivity contribution in [3.8, 4) is 11.1 Å². The number of carbonyl (C=O) groups is 1. The van der Waals surface area contributed by atoms with Crippen molar-refractivity contribution in [2.45, 2.75) is 0 Å². The van der Waals surface area contributed by atoms with Gasteiger partial charge in [-0.25, -0.2) is 0 Å². The first-order valence-corrected chi connectivity index (χ1v) is 6.99. The number of nitrogens with zero attached hydrogens (tertiary/aromatic N) is 3. The number of aromatic nitrogens is 1. The fourth-order valence-electron chi connectivity index (χ4n) is 2.09. The Morgan fingerprint density at radius 1 is 1.05 bits per heavy atom. The normalized spacial score (nSPS) is 10.7. The van der Waals surface area contributed by atoms with Gasteiger partial charge in [0.2, 0.25) is 0 Å². The third kappa shape index (κ3) is 3.89. The highest BCUT2D eigenvalue weighted by Gasteiger charge is 2.16. The van der Waals surface area contributed by atoms with E-state index in [1.165, 1.54) is 0 Å². The maximum atomic E-state index is 12.6. The standard InChI is InChI=1S/C17H21N3O/c1-19(2)11-12-20(3)17(21)15-9-10-18-13-16(15)14-7-5-4-6-8-14/h4-10,13H,11-12H2,1-3H3. The molecule has 0 saturated carbocycles. The molecule has 0 saturated heterocycles. The molecule has 0 aliphatic carbocycles. The summed E-state index contributed by atoms with van der Waals surface area (Å²) in [5.41, 5.74) is 2.58. The van der Waals surface area contributed by atoms with E-state index < -0.39 is 0 Å². The summed E-state index contributed by atoms with van der Waals surface area (Å²) in [6, 6.07) is 11.7. The van der Waals surface area contributed by atoms with Crippen LogP contribution in [-0.4, -0.2) is 54.9 Å². The fourth-order valence-corrected chi connectivity index (χ4v) is 2.09. The molecule has 1 heterocycles. The van der Waals surface area contributed by atoms with Crippen LogP contribution in [0.4, 0.5) is 0 Å². The number of benzene rings is 1. The smallest absolute Gasteiger partial charge is 0.254 e. The first-order valence-electron chi connectivity index (χ1n) is 6.99. The molecule has 0 radical (unpaired) electrons. The summed E-state index contributed by atoms with van der Waals surface area (Å²) in [5, 5.41) is 0. The van der Waals surface area contributed by atoms with Gasteiger partial charge in [0.05, 0.1) is 5.56 Å². The van der Waals surface area contributed by atoms with Crippen molar-refractivity contribution in [1.29, 1.82) is 0 Å². The predicted molar refractivity (Wildman–Crippen MR) is 85.2 cm³/mol. The molecule has 0 fully saturated rings. The lowest BCUT2D eigenvalue weighted by Gasteiger charge is -2.21. The monoisotopic (exact) mass is 283 g/mol. The highest BCUT2D eigenvalue weighted by Crippen LogP contribution is 2.23. The Hall–Kier alpha value is -2.20. The summed E-state index contributed by atoms with van der Waals surface area (Å²) in [4.78, 5) is 20.6. The van der Waals surface area contributed by atoms with E-state index in [4.69, 9.17) is 0 Å². The van der Waals surface area contributed by atoms with Crippen LogP contribution in [0.2, 0.25) is 0 Å². The third-order valence-corrected chi connectivity index (χ3v) is 3.37. The molecule has 1 amide bonds. The molecule has 4 heteroatoms. The van der Waals surface area contributed by atoms with Crippen LogP contribution >= 0.6 is 0 Å². The molecular formula is C17H21N3O. The summed E-state index contributed by atoms with van der Waals surface area (Å²) < 4.78 is 0. The Balaban J connectivity index is 2.26. The van der Waals surface area contributed by atoms with Crippen molar-refractivity contribution >= 4 is 5.91 Å². The SMILES string of the molecule is CN(C)CCN(C)C(=O)c1ccncc1-c1ccccc1. The molecule has 0 N–H and O–H groups in total. The number of pyridine rings is 1. The summed E-state index contributed by atoms with van der Waals surface area (Å²) in [5.74, 6) is 0.0260. The summed E-state index contributed by atoms with van der Waals surface area (Å²) in [6.45, 7) is 1.54. The Bertz CT molecular complexity index is 596. The van der Waals surface area contributed by atoms with E-state index in [1.807, 2.05) is 51.5 Å². The maximum absolute atomic E-state index is 12.6. The van der Waals surface area contributed by atoms with Crippen molar-refractivity contribution in [2.75, 3.05) is 34.2 Å². The molecule has 2 aromatic rings. The lowest BCUT2D eigenvalue weighted by molar-refractivity contribution is 0.0787. The number of likely N-dealkylation sites (N-methyl/N-ethyl adjacent to an activating group) is 2. The number of carbonyl (C=O) groups excluding carboxylic acids is 1. The maximum Gasteiger partial charge on any atom is 0.254 e. The summed E-state index contributed by atoms with van der Waals surface area (Å²) >= 11 is 0. The van der Waals surface area contributed by atoms with E-state index in [2.05, 4.69) is 9.88 Å². The highest BCUT2D eigenvalue weighted by atomic mass is 16.2. The summed E-state index contributed by atoms with van der Waals surface area (Å²) in [6.07, 6.45) is 3.42. The highest BCUT2D eigenvalue weighted by molar-refractivity contribution is 6.00. The molecule has 21 heavy (non-hydrogen) atoms. The van der Waals surface area contributed by atoms with E-state index in [1.54, 1.807) is 23.4 Å². The van der Waals surface area contributed by atoms with Gasteiger partial charge in [-0.2, -0.15) is 0 Å². The van der Waals surface area contributed by atoms with Gasteiger partial charge >= 0.3 is 0 Å². The van der Waals surface area contributed by atoms with Crippen molar-refractivity contribution in [3.05, 3.63) is 54.4 Å². The lowest BCUT2D eigenvalue weighted by atomic mass is 10.0. The molecule has 0 aliphatic rings. The zero-order valence-corrected chi connectivity index (χ0v) is 12.8. The van der Waals surface area contributed by atoms with Gasteiger partial charge in [0.15, 0.2) is 0 Å². The molecule has 2 rings (SSSR count). The van der Waals surface area contributed by atoms with Crippen LogP contribution in [0.5, 0.6) is 0 Å². The Morgan fingerprint density at radius 3 is 2.43 bits per heavy atom. The van der Waals surface area contributed by atoms with Gasteiger partial charge in [0, 0.05) is 38.1 Å². The minimum atomic E-state index is 0.0260. The van der Waals surface area contributed by atoms with Gasteiger partial charge in [-0.05, 0) is 25.7 Å². The Kier molecular flexibility index (Phi) is 5.06. The fraction of sp³-hybridized carbons (Fsp3) is 0.294. The van der Waals surface area contributed by atoms with E-state index in [-0.39, 0.29) is 5.91 Å². The van der Waals surface area contributed by atoms with Crippen LogP contribution in [0, 0.1) is 0 Å². The van der Waals surface area contributed by atoms with E-state index >= 15 is 0 Å². The minimum absolute atomic E-state index is 0.0260. The molecule has 1 aromatic carbocycles. The quantitative estimate of drug-likeness (QED) is 0.845. The van der Waals surface area contributed by atoms with Gasteiger partial charge in [0.1, 0.15) is 0 Å². The first kappa shape index (κ1) is 15.2. The molecular weight excluding hydrogens is 262 g/mol. The Labute approximate surface area is 126 Å². The van der Waals surface area contributed by atoms with Gasteiger partial charge in [0.25, 0.3) is 5.91 Å². The second-order valence-electron chi connectivity index (χ2n) is 5.32. The van der Waals surface area contributed by atoms with Gasteiger partial charge in [-0.3, -0.25) is 9.78 Å². The zero-order chi connectivity index (χ0) is 15.2. The van der Waals surface area contributed by atoms with Crippen molar-refractivity contribution in [1.82, 2.24) is 14.8 Å². The topological polar surface area (TPSA) is 36.4 Å². The van der Waals surface area contributed by atoms with Crippen molar-refractivity contribution in [3.63, 3.8) is 0 Å². The van der Waals surface area contributed by atoms with Gasteiger partial charge in [-0.15, -0.1) is 0 Å². The number of rotatable bonds is 5. The second kappa shape index (κ2) is 6.99. The minimum Gasteiger partial charge on any atom is -0.340 e. The molecule has 0 atom stereocenters. The van der Waals surface area contributed by atoms with Crippen LogP contribution in [0.1, 0.15) is 10.4 Å². The van der Waals surface area contributed by atoms with Crippen LogP contribution in [0.15, 0.2) is 48.8 Å². The van der Waals surface area contributed by atoms with Gasteiger partial charge in [-0.1, -0.05) is 30.3 Å². The summed E-state index contributed by atoms with van der Waals surface area (Å²) in [7, 11) is 5.83. The molecule has 0 spiro atoms. The number of amides is 1. The van der Waals surface area contributed by atoms with Crippen LogP contribution in [0.3, 0.4) is 0 Å². The molecule has 0 aliphatic heterocycles. The third-order valence-electron chi connectivity index (χ3n) is 3.37. The van der Waals surface area contributed by atoms with E-state index in [9.17, 15) is 4.79 Å². The van der Waals surface area contributed by atoms with E-state index in [0.717, 1.165) is 17.7 Å². The number of hydrogen-bond acceptors (Lipinski definition) is 3. The van der Waals surface area contributed by atoms with Crippen molar-refractivity contribution in [2.24, 2.45) is 0 Å². The predicted octanol–water partition coefficient (Wildman–Crippen LogP) is 2.38. The Morgan fingerprint density at radius 2 is 1.76 bits per heavy atom. The largest absolute Gasteiger partial charge is 0.340 e. The number of hydrogen-bond donors (Lipinski definition) is 0. The van der Waals surface area contributed by atoms with Crippen LogP contribution < -0.4 is 0 Å². The average Bonchev–Trinajstić information content (AvgIpc) is 2.52. The van der Waals surface area contributed by atoms with Crippen molar-refractivity contribution < 1.29 is 4.79 Å². The molecule has 0 unspecified atom stereocenters. The molecule has 4 nitrogen and oxygen atoms in total. The van der Waals surface area contributed by atoms with Crippen LogP contribution in [0.25, 0.3) is 11.1 Å². The molecule has 1 aromatic heterocycles. The van der Waals surface area contributed by atoms with E-state index in [0.29, 0.717) is 12.1 Å². The second-order valence-corrected chi connectivity index (χ2v) is 5.32. The zero-order valence-electron chi connectivity index (χ0n) is 12.8. The first-order chi connectivity index (χ1) is 10.1. The average molecular weight is 283 g/mol.